The van der Waals surface area contributed by atoms with E-state index >= 15 is 0 Å². The van der Waals surface area contributed by atoms with Crippen LogP contribution in [0.2, 0.25) is 0 Å². The lowest BCUT2D eigenvalue weighted by atomic mass is 9.95. The molecule has 4 rings (SSSR count). The molecule has 0 aliphatic carbocycles. The summed E-state index contributed by atoms with van der Waals surface area (Å²) >= 11 is 0. The van der Waals surface area contributed by atoms with Gasteiger partial charge in [0.25, 0.3) is 0 Å². The summed E-state index contributed by atoms with van der Waals surface area (Å²) in [6, 6.07) is 8.08. The van der Waals surface area contributed by atoms with Gasteiger partial charge < -0.3 is 15.2 Å². The maximum absolute atomic E-state index is 12.5. The van der Waals surface area contributed by atoms with E-state index in [9.17, 15) is 4.79 Å². The number of nitrogens with zero attached hydrogens (tertiary/aromatic N) is 5. The molecule has 142 valence electrons. The smallest absolute Gasteiger partial charge is 0.317 e. The molecule has 1 aliphatic heterocycles. The van der Waals surface area contributed by atoms with Crippen LogP contribution in [0.3, 0.4) is 0 Å². The second-order valence-electron chi connectivity index (χ2n) is 7.14. The first-order chi connectivity index (χ1) is 13.2. The molecule has 1 fully saturated rings. The van der Waals surface area contributed by atoms with Gasteiger partial charge in [-0.1, -0.05) is 12.1 Å². The van der Waals surface area contributed by atoms with Crippen LogP contribution in [-0.4, -0.2) is 55.3 Å². The van der Waals surface area contributed by atoms with Crippen molar-refractivity contribution < 1.29 is 4.79 Å². The zero-order valence-electron chi connectivity index (χ0n) is 15.6. The number of amides is 2. The van der Waals surface area contributed by atoms with E-state index in [0.717, 1.165) is 55.0 Å². The van der Waals surface area contributed by atoms with Crippen LogP contribution < -0.4 is 5.32 Å². The van der Waals surface area contributed by atoms with Crippen LogP contribution in [0, 0.1) is 5.92 Å². The number of likely N-dealkylation sites (tertiary alicyclic amines) is 1. The van der Waals surface area contributed by atoms with Gasteiger partial charge in [0.05, 0.1) is 11.0 Å². The van der Waals surface area contributed by atoms with Crippen molar-refractivity contribution in [3.05, 3.63) is 42.2 Å². The number of fused-ring (bicyclic) bond motifs is 1. The van der Waals surface area contributed by atoms with Crippen molar-refractivity contribution >= 4 is 17.1 Å². The fraction of sp³-hybridized carbons (Fsp3) is 0.474. The number of urea groups is 1. The topological polar surface area (TPSA) is 91.7 Å². The van der Waals surface area contributed by atoms with E-state index in [4.69, 9.17) is 0 Å². The molecule has 0 spiro atoms. The van der Waals surface area contributed by atoms with Crippen LogP contribution in [0.5, 0.6) is 0 Å². The number of benzene rings is 1. The van der Waals surface area contributed by atoms with Crippen molar-refractivity contribution in [2.75, 3.05) is 19.6 Å². The highest BCUT2D eigenvalue weighted by Crippen LogP contribution is 2.21. The number of aromatic nitrogens is 5. The molecule has 8 nitrogen and oxygen atoms in total. The lowest BCUT2D eigenvalue weighted by molar-refractivity contribution is 0.165. The zero-order valence-corrected chi connectivity index (χ0v) is 15.6. The molecule has 3 heterocycles. The SMILES string of the molecule is Cn1ncnc1CCNC(=O)N1CCC[C@@H](Cc2nc3ccccc3[nH]2)C1. The summed E-state index contributed by atoms with van der Waals surface area (Å²) < 4.78 is 1.73. The number of carbonyl (C=O) groups is 1. The first kappa shape index (κ1) is 17.5. The van der Waals surface area contributed by atoms with Gasteiger partial charge in [-0.15, -0.1) is 0 Å². The molecule has 1 atom stereocenters. The summed E-state index contributed by atoms with van der Waals surface area (Å²) in [4.78, 5) is 26.7. The van der Waals surface area contributed by atoms with Crippen LogP contribution in [0.15, 0.2) is 30.6 Å². The second kappa shape index (κ2) is 7.77. The number of aryl methyl sites for hydroxylation is 1. The summed E-state index contributed by atoms with van der Waals surface area (Å²) in [5, 5.41) is 7.05. The molecule has 0 bridgehead atoms. The summed E-state index contributed by atoms with van der Waals surface area (Å²) in [7, 11) is 1.86. The van der Waals surface area contributed by atoms with E-state index in [1.165, 1.54) is 6.33 Å². The summed E-state index contributed by atoms with van der Waals surface area (Å²) in [6.45, 7) is 2.15. The molecule has 3 aromatic rings. The van der Waals surface area contributed by atoms with Gasteiger partial charge in [-0.2, -0.15) is 5.10 Å². The number of piperidine rings is 1. The molecule has 0 radical (unpaired) electrons. The first-order valence-corrected chi connectivity index (χ1v) is 9.48. The molecular weight excluding hydrogens is 342 g/mol. The van der Waals surface area contributed by atoms with E-state index in [2.05, 4.69) is 25.4 Å². The number of H-pyrrole nitrogens is 1. The Kier molecular flexibility index (Phi) is 5.04. The van der Waals surface area contributed by atoms with E-state index < -0.39 is 0 Å². The van der Waals surface area contributed by atoms with Crippen molar-refractivity contribution in [1.29, 1.82) is 0 Å². The maximum Gasteiger partial charge on any atom is 0.317 e. The fourth-order valence-corrected chi connectivity index (χ4v) is 3.73. The minimum absolute atomic E-state index is 0.00599. The fourth-order valence-electron chi connectivity index (χ4n) is 3.73. The quantitative estimate of drug-likeness (QED) is 0.720. The molecular formula is C19H25N7O. The molecule has 2 N–H and O–H groups in total. The number of aromatic amines is 1. The Bertz CT molecular complexity index is 883. The molecule has 2 amide bonds. The Hall–Kier alpha value is -2.90. The Morgan fingerprint density at radius 2 is 2.26 bits per heavy atom. The molecule has 27 heavy (non-hydrogen) atoms. The molecule has 0 saturated carbocycles. The van der Waals surface area contributed by atoms with Crippen LogP contribution in [0.4, 0.5) is 4.79 Å². The summed E-state index contributed by atoms with van der Waals surface area (Å²) in [6.07, 6.45) is 5.24. The van der Waals surface area contributed by atoms with Crippen molar-refractivity contribution in [1.82, 2.24) is 34.9 Å². The molecule has 2 aromatic heterocycles. The number of nitrogens with one attached hydrogen (secondary N) is 2. The van der Waals surface area contributed by atoms with E-state index in [-0.39, 0.29) is 6.03 Å². The van der Waals surface area contributed by atoms with E-state index in [1.807, 2.05) is 36.2 Å². The van der Waals surface area contributed by atoms with Gasteiger partial charge >= 0.3 is 6.03 Å². The molecule has 0 unspecified atom stereocenters. The third-order valence-corrected chi connectivity index (χ3v) is 5.16. The molecule has 1 aliphatic rings. The predicted octanol–water partition coefficient (Wildman–Crippen LogP) is 1.90. The van der Waals surface area contributed by atoms with Gasteiger partial charge in [-0.05, 0) is 30.9 Å². The average Bonchev–Trinajstić information content (AvgIpc) is 3.27. The average molecular weight is 367 g/mol. The van der Waals surface area contributed by atoms with Crippen LogP contribution in [0.1, 0.15) is 24.5 Å². The third kappa shape index (κ3) is 4.10. The lowest BCUT2D eigenvalue weighted by Crippen LogP contribution is -2.46. The van der Waals surface area contributed by atoms with Gasteiger partial charge in [0, 0.05) is 39.5 Å². The van der Waals surface area contributed by atoms with Crippen molar-refractivity contribution in [3.8, 4) is 0 Å². The van der Waals surface area contributed by atoms with Crippen LogP contribution in [0.25, 0.3) is 11.0 Å². The third-order valence-electron chi connectivity index (χ3n) is 5.16. The van der Waals surface area contributed by atoms with Crippen LogP contribution in [-0.2, 0) is 19.9 Å². The summed E-state index contributed by atoms with van der Waals surface area (Å²) in [5.41, 5.74) is 2.07. The highest BCUT2D eigenvalue weighted by Gasteiger charge is 2.24. The molecule has 1 saturated heterocycles. The highest BCUT2D eigenvalue weighted by molar-refractivity contribution is 5.75. The van der Waals surface area contributed by atoms with Crippen molar-refractivity contribution in [3.63, 3.8) is 0 Å². The monoisotopic (exact) mass is 367 g/mol. The lowest BCUT2D eigenvalue weighted by Gasteiger charge is -2.32. The predicted molar refractivity (Wildman–Crippen MR) is 102 cm³/mol. The van der Waals surface area contributed by atoms with E-state index in [0.29, 0.717) is 18.9 Å². The summed E-state index contributed by atoms with van der Waals surface area (Å²) in [5.74, 6) is 2.31. The van der Waals surface area contributed by atoms with E-state index in [1.54, 1.807) is 4.68 Å². The van der Waals surface area contributed by atoms with Gasteiger partial charge in [0.1, 0.15) is 18.0 Å². The normalized spacial score (nSPS) is 17.4. The molecule has 1 aromatic carbocycles. The molecule has 8 heteroatoms. The Labute approximate surface area is 158 Å². The van der Waals surface area contributed by atoms with Crippen LogP contribution >= 0.6 is 0 Å². The highest BCUT2D eigenvalue weighted by atomic mass is 16.2. The van der Waals surface area contributed by atoms with Crippen molar-refractivity contribution in [2.24, 2.45) is 13.0 Å². The number of hydrogen-bond donors (Lipinski definition) is 2. The Balaban J connectivity index is 1.29. The number of hydrogen-bond acceptors (Lipinski definition) is 4. The minimum atomic E-state index is 0.00599. The minimum Gasteiger partial charge on any atom is -0.342 e. The first-order valence-electron chi connectivity index (χ1n) is 9.48. The standard InChI is InChI=1S/C19H25N7O/c1-25-18(21-13-22-25)8-9-20-19(27)26-10-4-5-14(12-26)11-17-23-15-6-2-3-7-16(15)24-17/h2-3,6-7,13-14H,4-5,8-12H2,1H3,(H,20,27)(H,23,24)/t14-/m0/s1. The maximum atomic E-state index is 12.5. The van der Waals surface area contributed by atoms with Gasteiger partial charge in [-0.25, -0.2) is 14.8 Å². The number of carbonyl (C=O) groups excluding carboxylic acids is 1. The second-order valence-corrected chi connectivity index (χ2v) is 7.14. The number of imidazole rings is 1. The Morgan fingerprint density at radius 1 is 1.37 bits per heavy atom. The van der Waals surface area contributed by atoms with Gasteiger partial charge in [0.2, 0.25) is 0 Å². The zero-order chi connectivity index (χ0) is 18.6. The van der Waals surface area contributed by atoms with Gasteiger partial charge in [0.15, 0.2) is 0 Å². The van der Waals surface area contributed by atoms with Crippen molar-refractivity contribution in [2.45, 2.75) is 25.7 Å². The Morgan fingerprint density at radius 3 is 3.07 bits per heavy atom. The van der Waals surface area contributed by atoms with Gasteiger partial charge in [-0.3, -0.25) is 4.68 Å². The number of rotatable bonds is 5. The largest absolute Gasteiger partial charge is 0.342 e. The number of para-hydroxylation sites is 2.